The highest BCUT2D eigenvalue weighted by atomic mass is 79.9. The van der Waals surface area contributed by atoms with Crippen LogP contribution in [0.3, 0.4) is 0 Å². The Hall–Kier alpha value is -1.86. The molecule has 0 saturated carbocycles. The molecule has 0 heterocycles. The van der Waals surface area contributed by atoms with Crippen LogP contribution >= 0.6 is 15.9 Å². The maximum absolute atomic E-state index is 12.5. The molecule has 0 aromatic heterocycles. The third kappa shape index (κ3) is 5.07. The molecule has 0 saturated heterocycles. The van der Waals surface area contributed by atoms with E-state index in [0.29, 0.717) is 23.7 Å². The van der Waals surface area contributed by atoms with Crippen molar-refractivity contribution >= 4 is 37.5 Å². The fraction of sp³-hybridized carbons (Fsp3) is 0.235. The van der Waals surface area contributed by atoms with Crippen LogP contribution in [0, 0.1) is 5.92 Å². The van der Waals surface area contributed by atoms with E-state index in [1.807, 2.05) is 13.8 Å². The van der Waals surface area contributed by atoms with Crippen LogP contribution in [0.15, 0.2) is 57.9 Å². The van der Waals surface area contributed by atoms with Crippen LogP contribution in [0.2, 0.25) is 0 Å². The predicted octanol–water partition coefficient (Wildman–Crippen LogP) is 3.64. The van der Waals surface area contributed by atoms with Gasteiger partial charge in [-0.15, -0.1) is 0 Å². The number of carbonyl (C=O) groups excluding carboxylic acids is 1. The fourth-order valence-electron chi connectivity index (χ4n) is 1.94. The Morgan fingerprint density at radius 3 is 2.42 bits per heavy atom. The first-order valence-corrected chi connectivity index (χ1v) is 9.72. The zero-order valence-electron chi connectivity index (χ0n) is 13.4. The summed E-state index contributed by atoms with van der Waals surface area (Å²) in [4.78, 5) is 12.1. The molecule has 0 radical (unpaired) electrons. The van der Waals surface area contributed by atoms with Gasteiger partial charge in [-0.3, -0.25) is 9.52 Å². The molecule has 2 rings (SSSR count). The van der Waals surface area contributed by atoms with E-state index in [2.05, 4.69) is 26.0 Å². The van der Waals surface area contributed by atoms with Gasteiger partial charge in [-0.05, 0) is 48.4 Å². The number of benzene rings is 2. The van der Waals surface area contributed by atoms with E-state index in [1.165, 1.54) is 12.1 Å². The second-order valence-corrected chi connectivity index (χ2v) is 8.34. The van der Waals surface area contributed by atoms with Crippen LogP contribution in [0.4, 0.5) is 5.69 Å². The van der Waals surface area contributed by atoms with Crippen molar-refractivity contribution in [2.45, 2.75) is 18.7 Å². The number of anilines is 1. The van der Waals surface area contributed by atoms with Gasteiger partial charge in [-0.2, -0.15) is 0 Å². The second kappa shape index (κ2) is 7.81. The summed E-state index contributed by atoms with van der Waals surface area (Å²) in [6.07, 6.45) is 0. The van der Waals surface area contributed by atoms with Crippen molar-refractivity contribution in [2.75, 3.05) is 11.3 Å². The number of hydrogen-bond acceptors (Lipinski definition) is 3. The Kier molecular flexibility index (Phi) is 6.01. The molecule has 1 amide bonds. The molecule has 24 heavy (non-hydrogen) atoms. The van der Waals surface area contributed by atoms with Crippen LogP contribution < -0.4 is 10.0 Å². The van der Waals surface area contributed by atoms with Gasteiger partial charge >= 0.3 is 0 Å². The van der Waals surface area contributed by atoms with E-state index in [1.54, 1.807) is 36.4 Å². The highest BCUT2D eigenvalue weighted by Gasteiger charge is 2.16. The molecule has 0 atom stereocenters. The molecular weight excluding hydrogens is 392 g/mol. The lowest BCUT2D eigenvalue weighted by Crippen LogP contribution is -2.27. The molecular formula is C17H19BrN2O3S. The van der Waals surface area contributed by atoms with Crippen molar-refractivity contribution in [3.63, 3.8) is 0 Å². The monoisotopic (exact) mass is 410 g/mol. The summed E-state index contributed by atoms with van der Waals surface area (Å²) in [6.45, 7) is 4.51. The summed E-state index contributed by atoms with van der Waals surface area (Å²) in [6, 6.07) is 12.8. The molecule has 2 aromatic carbocycles. The van der Waals surface area contributed by atoms with Gasteiger partial charge in [0.1, 0.15) is 0 Å². The quantitative estimate of drug-likeness (QED) is 0.762. The van der Waals surface area contributed by atoms with Crippen molar-refractivity contribution in [3.05, 3.63) is 58.6 Å². The van der Waals surface area contributed by atoms with E-state index in [-0.39, 0.29) is 10.8 Å². The Morgan fingerprint density at radius 2 is 1.79 bits per heavy atom. The molecule has 128 valence electrons. The zero-order valence-corrected chi connectivity index (χ0v) is 15.8. The van der Waals surface area contributed by atoms with E-state index in [0.717, 1.165) is 4.47 Å². The van der Waals surface area contributed by atoms with E-state index in [9.17, 15) is 13.2 Å². The van der Waals surface area contributed by atoms with Crippen molar-refractivity contribution < 1.29 is 13.2 Å². The van der Waals surface area contributed by atoms with E-state index >= 15 is 0 Å². The van der Waals surface area contributed by atoms with E-state index < -0.39 is 10.0 Å². The van der Waals surface area contributed by atoms with Crippen LogP contribution in [0.5, 0.6) is 0 Å². The molecule has 2 aromatic rings. The molecule has 2 N–H and O–H groups in total. The summed E-state index contributed by atoms with van der Waals surface area (Å²) in [5, 5.41) is 2.77. The van der Waals surface area contributed by atoms with Gasteiger partial charge in [-0.25, -0.2) is 8.42 Å². The van der Waals surface area contributed by atoms with Crippen molar-refractivity contribution in [2.24, 2.45) is 5.92 Å². The summed E-state index contributed by atoms with van der Waals surface area (Å²) < 4.78 is 28.3. The Labute approximate surface area is 150 Å². The van der Waals surface area contributed by atoms with Crippen molar-refractivity contribution in [3.8, 4) is 0 Å². The molecule has 0 aliphatic heterocycles. The van der Waals surface area contributed by atoms with Crippen LogP contribution in [-0.4, -0.2) is 20.9 Å². The van der Waals surface area contributed by atoms with Crippen LogP contribution in [0.25, 0.3) is 0 Å². The van der Waals surface area contributed by atoms with Crippen molar-refractivity contribution in [1.82, 2.24) is 5.32 Å². The lowest BCUT2D eigenvalue weighted by Gasteiger charge is -2.11. The Balaban J connectivity index is 2.20. The van der Waals surface area contributed by atoms with Gasteiger partial charge in [0.05, 0.1) is 4.90 Å². The second-order valence-electron chi connectivity index (χ2n) is 5.74. The first-order chi connectivity index (χ1) is 11.3. The van der Waals surface area contributed by atoms with Gasteiger partial charge in [0.25, 0.3) is 15.9 Å². The summed E-state index contributed by atoms with van der Waals surface area (Å²) in [5.41, 5.74) is 0.766. The number of hydrogen-bond donors (Lipinski definition) is 2. The number of rotatable bonds is 6. The molecule has 0 unspecified atom stereocenters. The molecule has 0 aliphatic carbocycles. The van der Waals surface area contributed by atoms with E-state index in [4.69, 9.17) is 0 Å². The average Bonchev–Trinajstić information content (AvgIpc) is 2.54. The van der Waals surface area contributed by atoms with Gasteiger partial charge in [0.2, 0.25) is 0 Å². The molecule has 0 fully saturated rings. The minimum atomic E-state index is -3.76. The standard InChI is InChI=1S/C17H19BrN2O3S/c1-12(2)11-19-17(21)13-4-3-5-16(10-13)24(22,23)20-15-8-6-14(18)7-9-15/h3-10,12,20H,11H2,1-2H3,(H,19,21). The van der Waals surface area contributed by atoms with Gasteiger partial charge < -0.3 is 5.32 Å². The molecule has 0 aliphatic rings. The smallest absolute Gasteiger partial charge is 0.261 e. The first-order valence-electron chi connectivity index (χ1n) is 7.44. The molecule has 7 heteroatoms. The fourth-order valence-corrected chi connectivity index (χ4v) is 3.30. The minimum Gasteiger partial charge on any atom is -0.352 e. The van der Waals surface area contributed by atoms with Crippen LogP contribution in [-0.2, 0) is 10.0 Å². The number of halogens is 1. The number of nitrogens with one attached hydrogen (secondary N) is 2. The number of amides is 1. The maximum Gasteiger partial charge on any atom is 0.261 e. The van der Waals surface area contributed by atoms with Gasteiger partial charge in [0.15, 0.2) is 0 Å². The SMILES string of the molecule is CC(C)CNC(=O)c1cccc(S(=O)(=O)Nc2ccc(Br)cc2)c1. The lowest BCUT2D eigenvalue weighted by molar-refractivity contribution is 0.0949. The van der Waals surface area contributed by atoms with Crippen molar-refractivity contribution in [1.29, 1.82) is 0 Å². The summed E-state index contributed by atoms with van der Waals surface area (Å²) in [5.74, 6) is 0.0318. The molecule has 0 spiro atoms. The third-order valence-corrected chi connectivity index (χ3v) is 5.08. The lowest BCUT2D eigenvalue weighted by atomic mass is 10.2. The predicted molar refractivity (Wildman–Crippen MR) is 98.6 cm³/mol. The normalized spacial score (nSPS) is 11.3. The summed E-state index contributed by atoms with van der Waals surface area (Å²) >= 11 is 3.30. The average molecular weight is 411 g/mol. The number of sulfonamides is 1. The topological polar surface area (TPSA) is 75.3 Å². The highest BCUT2D eigenvalue weighted by molar-refractivity contribution is 9.10. The molecule has 0 bridgehead atoms. The maximum atomic E-state index is 12.5. The number of carbonyl (C=O) groups is 1. The summed E-state index contributed by atoms with van der Waals surface area (Å²) in [7, 11) is -3.76. The van der Waals surface area contributed by atoms with Gasteiger partial charge in [0, 0.05) is 22.3 Å². The first kappa shape index (κ1) is 18.5. The zero-order chi connectivity index (χ0) is 17.7. The largest absolute Gasteiger partial charge is 0.352 e. The van der Waals surface area contributed by atoms with Crippen LogP contribution in [0.1, 0.15) is 24.2 Å². The Bertz CT molecular complexity index is 818. The Morgan fingerprint density at radius 1 is 1.12 bits per heavy atom. The molecule has 5 nitrogen and oxygen atoms in total. The third-order valence-electron chi connectivity index (χ3n) is 3.17. The van der Waals surface area contributed by atoms with Gasteiger partial charge in [-0.1, -0.05) is 35.8 Å². The minimum absolute atomic E-state index is 0.0441. The highest BCUT2D eigenvalue weighted by Crippen LogP contribution is 2.19.